The summed E-state index contributed by atoms with van der Waals surface area (Å²) >= 11 is 3.35. The van der Waals surface area contributed by atoms with Crippen LogP contribution in [0.3, 0.4) is 0 Å². The van der Waals surface area contributed by atoms with Crippen LogP contribution in [0.25, 0.3) is 0 Å². The molecule has 0 aliphatic rings. The van der Waals surface area contributed by atoms with Gasteiger partial charge in [-0.1, -0.05) is 22.9 Å². The number of hydrogen-bond donors (Lipinski definition) is 1. The zero-order valence-corrected chi connectivity index (χ0v) is 11.2. The molecule has 0 aliphatic carbocycles. The molecular weight excluding hydrogens is 273 g/mol. The fourth-order valence-electron chi connectivity index (χ4n) is 1.52. The molecule has 0 radical (unpaired) electrons. The number of nitrogens with one attached hydrogen (secondary N) is 1. The Labute approximate surface area is 104 Å². The molecule has 1 aromatic rings. The molecule has 16 heavy (non-hydrogen) atoms. The van der Waals surface area contributed by atoms with Crippen molar-refractivity contribution in [3.63, 3.8) is 0 Å². The average Bonchev–Trinajstić information content (AvgIpc) is 2.28. The van der Waals surface area contributed by atoms with Gasteiger partial charge in [0.1, 0.15) is 5.82 Å². The van der Waals surface area contributed by atoms with Crippen LogP contribution in [0.4, 0.5) is 4.39 Å². The van der Waals surface area contributed by atoms with Crippen molar-refractivity contribution in [1.29, 1.82) is 0 Å². The topological polar surface area (TPSA) is 21.3 Å². The van der Waals surface area contributed by atoms with Crippen LogP contribution in [0, 0.1) is 5.82 Å². The number of rotatable bonds is 6. The molecule has 0 bridgehead atoms. The van der Waals surface area contributed by atoms with Crippen LogP contribution in [-0.2, 0) is 4.74 Å². The molecule has 1 rings (SSSR count). The third-order valence-electron chi connectivity index (χ3n) is 2.27. The lowest BCUT2D eigenvalue weighted by molar-refractivity contribution is 0.122. The molecule has 1 unspecified atom stereocenters. The lowest BCUT2D eigenvalue weighted by atomic mass is 10.1. The number of ether oxygens (including phenoxy) is 1. The quantitative estimate of drug-likeness (QED) is 0.868. The number of benzene rings is 1. The molecule has 0 aliphatic heterocycles. The summed E-state index contributed by atoms with van der Waals surface area (Å²) in [6.45, 7) is 5.83. The minimum Gasteiger partial charge on any atom is -0.380 e. The summed E-state index contributed by atoms with van der Waals surface area (Å²) in [4.78, 5) is 0. The van der Waals surface area contributed by atoms with Crippen LogP contribution < -0.4 is 5.32 Å². The van der Waals surface area contributed by atoms with E-state index >= 15 is 0 Å². The third-order valence-corrected chi connectivity index (χ3v) is 2.77. The van der Waals surface area contributed by atoms with Gasteiger partial charge in [0.25, 0.3) is 0 Å². The van der Waals surface area contributed by atoms with Gasteiger partial charge < -0.3 is 10.1 Å². The second-order valence-electron chi connectivity index (χ2n) is 3.44. The van der Waals surface area contributed by atoms with E-state index < -0.39 is 0 Å². The van der Waals surface area contributed by atoms with E-state index in [0.29, 0.717) is 18.8 Å². The van der Waals surface area contributed by atoms with E-state index in [-0.39, 0.29) is 11.9 Å². The standard InChI is InChI=1S/C12H17BrFNO/c1-3-15-12(8-16-4-2)10-7-9(13)5-6-11(10)14/h5-7,12,15H,3-4,8H2,1-2H3. The highest BCUT2D eigenvalue weighted by molar-refractivity contribution is 9.10. The zero-order valence-electron chi connectivity index (χ0n) is 9.59. The Balaban J connectivity index is 2.85. The van der Waals surface area contributed by atoms with E-state index in [0.717, 1.165) is 11.0 Å². The summed E-state index contributed by atoms with van der Waals surface area (Å²) < 4.78 is 19.9. The Morgan fingerprint density at radius 3 is 2.81 bits per heavy atom. The molecule has 0 aromatic heterocycles. The molecule has 4 heteroatoms. The number of likely N-dealkylation sites (N-methyl/N-ethyl adjacent to an activating group) is 1. The summed E-state index contributed by atoms with van der Waals surface area (Å²) in [6, 6.07) is 4.86. The fraction of sp³-hybridized carbons (Fsp3) is 0.500. The van der Waals surface area contributed by atoms with Crippen molar-refractivity contribution in [3.05, 3.63) is 34.1 Å². The predicted octanol–water partition coefficient (Wildman–Crippen LogP) is 3.28. The lowest BCUT2D eigenvalue weighted by Crippen LogP contribution is -2.26. The molecule has 0 amide bonds. The van der Waals surface area contributed by atoms with Crippen LogP contribution in [0.15, 0.2) is 22.7 Å². The van der Waals surface area contributed by atoms with Gasteiger partial charge in [0.15, 0.2) is 0 Å². The van der Waals surface area contributed by atoms with Crippen molar-refractivity contribution < 1.29 is 9.13 Å². The highest BCUT2D eigenvalue weighted by Gasteiger charge is 2.15. The lowest BCUT2D eigenvalue weighted by Gasteiger charge is -2.19. The minimum absolute atomic E-state index is 0.0950. The molecule has 0 saturated carbocycles. The molecule has 0 spiro atoms. The van der Waals surface area contributed by atoms with Crippen LogP contribution in [0.1, 0.15) is 25.5 Å². The third kappa shape index (κ3) is 3.85. The van der Waals surface area contributed by atoms with Gasteiger partial charge in [-0.3, -0.25) is 0 Å². The maximum atomic E-state index is 13.7. The molecule has 1 N–H and O–H groups in total. The highest BCUT2D eigenvalue weighted by Crippen LogP contribution is 2.22. The normalized spacial score (nSPS) is 12.8. The van der Waals surface area contributed by atoms with Gasteiger partial charge in [0.2, 0.25) is 0 Å². The van der Waals surface area contributed by atoms with Crippen LogP contribution >= 0.6 is 15.9 Å². The molecular formula is C12H17BrFNO. The Morgan fingerprint density at radius 2 is 2.19 bits per heavy atom. The first-order valence-corrected chi connectivity index (χ1v) is 6.24. The first-order chi connectivity index (χ1) is 7.69. The molecule has 90 valence electrons. The Kier molecular flexibility index (Phi) is 5.95. The van der Waals surface area contributed by atoms with Crippen molar-refractivity contribution in [2.24, 2.45) is 0 Å². The van der Waals surface area contributed by atoms with Gasteiger partial charge >= 0.3 is 0 Å². The second-order valence-corrected chi connectivity index (χ2v) is 4.35. The van der Waals surface area contributed by atoms with Gasteiger partial charge in [-0.2, -0.15) is 0 Å². The zero-order chi connectivity index (χ0) is 12.0. The molecule has 1 aromatic carbocycles. The predicted molar refractivity (Wildman–Crippen MR) is 67.0 cm³/mol. The molecule has 1 atom stereocenters. The average molecular weight is 290 g/mol. The largest absolute Gasteiger partial charge is 0.380 e. The minimum atomic E-state index is -0.200. The van der Waals surface area contributed by atoms with E-state index in [9.17, 15) is 4.39 Å². The van der Waals surface area contributed by atoms with Crippen LogP contribution in [0.5, 0.6) is 0 Å². The van der Waals surface area contributed by atoms with Crippen molar-refractivity contribution in [1.82, 2.24) is 5.32 Å². The summed E-state index contributed by atoms with van der Waals surface area (Å²) in [5, 5.41) is 3.22. The summed E-state index contributed by atoms with van der Waals surface area (Å²) in [5.41, 5.74) is 0.643. The van der Waals surface area contributed by atoms with E-state index in [1.807, 2.05) is 13.8 Å². The second kappa shape index (κ2) is 6.99. The molecule has 0 saturated heterocycles. The SMILES string of the molecule is CCNC(COCC)c1cc(Br)ccc1F. The smallest absolute Gasteiger partial charge is 0.128 e. The fourth-order valence-corrected chi connectivity index (χ4v) is 1.90. The van der Waals surface area contributed by atoms with E-state index in [1.165, 1.54) is 6.07 Å². The van der Waals surface area contributed by atoms with Crippen molar-refractivity contribution in [2.75, 3.05) is 19.8 Å². The van der Waals surface area contributed by atoms with Crippen molar-refractivity contribution in [3.8, 4) is 0 Å². The first kappa shape index (κ1) is 13.6. The summed E-state index contributed by atoms with van der Waals surface area (Å²) in [5.74, 6) is -0.200. The first-order valence-electron chi connectivity index (χ1n) is 5.45. The van der Waals surface area contributed by atoms with Gasteiger partial charge in [0, 0.05) is 16.6 Å². The van der Waals surface area contributed by atoms with Gasteiger partial charge in [-0.25, -0.2) is 4.39 Å². The van der Waals surface area contributed by atoms with Gasteiger partial charge in [-0.05, 0) is 31.7 Å². The number of hydrogen-bond acceptors (Lipinski definition) is 2. The number of halogens is 2. The monoisotopic (exact) mass is 289 g/mol. The van der Waals surface area contributed by atoms with Crippen LogP contribution in [-0.4, -0.2) is 19.8 Å². The summed E-state index contributed by atoms with van der Waals surface area (Å²) in [6.07, 6.45) is 0. The van der Waals surface area contributed by atoms with E-state index in [1.54, 1.807) is 12.1 Å². The van der Waals surface area contributed by atoms with Gasteiger partial charge in [-0.15, -0.1) is 0 Å². The van der Waals surface area contributed by atoms with E-state index in [4.69, 9.17) is 4.74 Å². The highest BCUT2D eigenvalue weighted by atomic mass is 79.9. The van der Waals surface area contributed by atoms with E-state index in [2.05, 4.69) is 21.2 Å². The molecule has 0 heterocycles. The van der Waals surface area contributed by atoms with Crippen LogP contribution in [0.2, 0.25) is 0 Å². The maximum Gasteiger partial charge on any atom is 0.128 e. The molecule has 0 fully saturated rings. The van der Waals surface area contributed by atoms with Crippen molar-refractivity contribution >= 4 is 15.9 Å². The Bertz CT molecular complexity index is 333. The summed E-state index contributed by atoms with van der Waals surface area (Å²) in [7, 11) is 0. The van der Waals surface area contributed by atoms with Gasteiger partial charge in [0.05, 0.1) is 12.6 Å². The Hall–Kier alpha value is -0.450. The molecule has 2 nitrogen and oxygen atoms in total. The maximum absolute atomic E-state index is 13.7. The van der Waals surface area contributed by atoms with Crippen molar-refractivity contribution in [2.45, 2.75) is 19.9 Å². The Morgan fingerprint density at radius 1 is 1.44 bits per heavy atom.